The highest BCUT2D eigenvalue weighted by molar-refractivity contribution is 6.31. The molecule has 0 aromatic heterocycles. The third-order valence-electron chi connectivity index (χ3n) is 3.17. The number of nitro groups is 1. The molecule has 1 amide bonds. The molecular weight excluding hydrogens is 300 g/mol. The second kappa shape index (κ2) is 7.03. The van der Waals surface area contributed by atoms with Gasteiger partial charge in [0.25, 0.3) is 11.6 Å². The number of aliphatic carboxylic acids is 1. The van der Waals surface area contributed by atoms with E-state index in [0.29, 0.717) is 6.42 Å². The van der Waals surface area contributed by atoms with E-state index in [-0.39, 0.29) is 16.5 Å². The molecule has 0 radical (unpaired) electrons. The lowest BCUT2D eigenvalue weighted by atomic mass is 9.99. The lowest BCUT2D eigenvalue weighted by Crippen LogP contribution is -2.45. The van der Waals surface area contributed by atoms with E-state index in [1.165, 1.54) is 6.07 Å². The molecule has 0 saturated heterocycles. The van der Waals surface area contributed by atoms with Crippen molar-refractivity contribution in [3.63, 3.8) is 0 Å². The molecule has 21 heavy (non-hydrogen) atoms. The number of hydrogen-bond donors (Lipinski definition) is 2. The van der Waals surface area contributed by atoms with Crippen molar-refractivity contribution in [3.05, 3.63) is 38.9 Å². The summed E-state index contributed by atoms with van der Waals surface area (Å²) in [6, 6.07) is 2.42. The van der Waals surface area contributed by atoms with Crippen molar-refractivity contribution in [2.24, 2.45) is 5.92 Å². The Labute approximate surface area is 126 Å². The molecule has 0 heterocycles. The normalized spacial score (nSPS) is 13.3. The van der Waals surface area contributed by atoms with Crippen LogP contribution in [-0.2, 0) is 4.79 Å². The van der Waals surface area contributed by atoms with Crippen LogP contribution < -0.4 is 5.32 Å². The van der Waals surface area contributed by atoms with Gasteiger partial charge in [0.2, 0.25) is 0 Å². The first-order valence-electron chi connectivity index (χ1n) is 6.25. The van der Waals surface area contributed by atoms with E-state index in [1.54, 1.807) is 13.8 Å². The van der Waals surface area contributed by atoms with Gasteiger partial charge in [-0.3, -0.25) is 14.9 Å². The number of nitro benzene ring substituents is 1. The van der Waals surface area contributed by atoms with Gasteiger partial charge >= 0.3 is 5.97 Å². The van der Waals surface area contributed by atoms with Gasteiger partial charge in [0.1, 0.15) is 11.6 Å². The predicted octanol–water partition coefficient (Wildman–Crippen LogP) is 2.48. The van der Waals surface area contributed by atoms with Gasteiger partial charge in [-0.05, 0) is 18.1 Å². The molecule has 2 N–H and O–H groups in total. The number of carbonyl (C=O) groups excluding carboxylic acids is 1. The van der Waals surface area contributed by atoms with Gasteiger partial charge in [-0.15, -0.1) is 0 Å². The minimum absolute atomic E-state index is 0.154. The van der Waals surface area contributed by atoms with Crippen LogP contribution >= 0.6 is 11.6 Å². The first-order valence-corrected chi connectivity index (χ1v) is 6.63. The van der Waals surface area contributed by atoms with Crippen molar-refractivity contribution >= 4 is 29.2 Å². The molecule has 0 spiro atoms. The van der Waals surface area contributed by atoms with Gasteiger partial charge in [0.15, 0.2) is 0 Å². The van der Waals surface area contributed by atoms with Gasteiger partial charge in [0, 0.05) is 11.1 Å². The van der Waals surface area contributed by atoms with Gasteiger partial charge < -0.3 is 10.4 Å². The number of amides is 1. The second-order valence-corrected chi connectivity index (χ2v) is 5.03. The Morgan fingerprint density at radius 2 is 2.10 bits per heavy atom. The predicted molar refractivity (Wildman–Crippen MR) is 76.5 cm³/mol. The number of hydrogen-bond acceptors (Lipinski definition) is 4. The van der Waals surface area contributed by atoms with E-state index in [9.17, 15) is 19.7 Å². The average molecular weight is 315 g/mol. The van der Waals surface area contributed by atoms with Crippen molar-refractivity contribution in [3.8, 4) is 0 Å². The molecule has 0 saturated carbocycles. The molecule has 7 nitrogen and oxygen atoms in total. The topological polar surface area (TPSA) is 110 Å². The summed E-state index contributed by atoms with van der Waals surface area (Å²) in [5.74, 6) is -2.34. The Balaban J connectivity index is 3.11. The lowest BCUT2D eigenvalue weighted by molar-refractivity contribution is -0.385. The van der Waals surface area contributed by atoms with Crippen molar-refractivity contribution in [2.75, 3.05) is 0 Å². The number of nitrogens with zero attached hydrogens (tertiary/aromatic N) is 1. The second-order valence-electron chi connectivity index (χ2n) is 4.59. The highest BCUT2D eigenvalue weighted by atomic mass is 35.5. The third kappa shape index (κ3) is 4.16. The molecule has 1 rings (SSSR count). The van der Waals surface area contributed by atoms with Crippen molar-refractivity contribution in [1.29, 1.82) is 0 Å². The zero-order valence-corrected chi connectivity index (χ0v) is 12.3. The first-order chi connectivity index (χ1) is 9.77. The quantitative estimate of drug-likeness (QED) is 0.619. The molecule has 114 valence electrons. The molecule has 2 atom stereocenters. The number of carboxylic acids is 1. The van der Waals surface area contributed by atoms with Crippen LogP contribution in [0.25, 0.3) is 0 Å². The summed E-state index contributed by atoms with van der Waals surface area (Å²) in [6.45, 7) is 3.46. The van der Waals surface area contributed by atoms with Crippen LogP contribution in [0.4, 0.5) is 5.69 Å². The highest BCUT2D eigenvalue weighted by Crippen LogP contribution is 2.23. The standard InChI is InChI=1S/C13H15ClN2O5/c1-3-7(2)11(13(18)19)15-12(17)9-6-8(14)4-5-10(9)16(20)21/h4-7,11H,3H2,1-2H3,(H,15,17)(H,18,19)/t7?,11-/m0/s1. The Bertz CT molecular complexity index is 576. The zero-order valence-electron chi connectivity index (χ0n) is 11.5. The Hall–Kier alpha value is -2.15. The summed E-state index contributed by atoms with van der Waals surface area (Å²) in [7, 11) is 0. The fourth-order valence-electron chi connectivity index (χ4n) is 1.75. The average Bonchev–Trinajstić information content (AvgIpc) is 2.42. The van der Waals surface area contributed by atoms with Crippen LogP contribution in [0.1, 0.15) is 30.6 Å². The van der Waals surface area contributed by atoms with E-state index < -0.39 is 28.5 Å². The first kappa shape index (κ1) is 16.9. The molecule has 0 aliphatic rings. The van der Waals surface area contributed by atoms with E-state index in [1.807, 2.05) is 0 Å². The summed E-state index contributed by atoms with van der Waals surface area (Å²) >= 11 is 5.74. The molecule has 1 aromatic rings. The van der Waals surface area contributed by atoms with E-state index in [2.05, 4.69) is 5.32 Å². The monoisotopic (exact) mass is 314 g/mol. The van der Waals surface area contributed by atoms with Crippen molar-refractivity contribution in [1.82, 2.24) is 5.32 Å². The molecule has 0 fully saturated rings. The SMILES string of the molecule is CCC(C)[C@H](NC(=O)c1cc(Cl)ccc1[N+](=O)[O-])C(=O)O. The summed E-state index contributed by atoms with van der Waals surface area (Å²) in [5, 5.41) is 22.5. The van der Waals surface area contributed by atoms with E-state index in [4.69, 9.17) is 16.7 Å². The number of nitrogens with one attached hydrogen (secondary N) is 1. The molecule has 0 bridgehead atoms. The van der Waals surface area contributed by atoms with Crippen molar-refractivity contribution in [2.45, 2.75) is 26.3 Å². The molecule has 0 aliphatic carbocycles. The van der Waals surface area contributed by atoms with Crippen LogP contribution in [0, 0.1) is 16.0 Å². The summed E-state index contributed by atoms with van der Waals surface area (Å²) in [6.07, 6.45) is 0.537. The minimum Gasteiger partial charge on any atom is -0.480 e. The molecule has 1 unspecified atom stereocenters. The Kier molecular flexibility index (Phi) is 5.66. The van der Waals surface area contributed by atoms with Gasteiger partial charge in [-0.1, -0.05) is 31.9 Å². The molecule has 1 aromatic carbocycles. The van der Waals surface area contributed by atoms with Gasteiger partial charge in [0.05, 0.1) is 4.92 Å². The number of carboxylic acid groups (broad SMARTS) is 1. The Morgan fingerprint density at radius 1 is 1.48 bits per heavy atom. The molecule has 0 aliphatic heterocycles. The largest absolute Gasteiger partial charge is 0.480 e. The summed E-state index contributed by atoms with van der Waals surface area (Å²) in [4.78, 5) is 33.5. The third-order valence-corrected chi connectivity index (χ3v) is 3.40. The highest BCUT2D eigenvalue weighted by Gasteiger charge is 2.28. The summed E-state index contributed by atoms with van der Waals surface area (Å²) < 4.78 is 0. The lowest BCUT2D eigenvalue weighted by Gasteiger charge is -2.20. The smallest absolute Gasteiger partial charge is 0.326 e. The fraction of sp³-hybridized carbons (Fsp3) is 0.385. The van der Waals surface area contributed by atoms with Crippen LogP contribution in [-0.4, -0.2) is 27.9 Å². The number of carbonyl (C=O) groups is 2. The van der Waals surface area contributed by atoms with E-state index in [0.717, 1.165) is 12.1 Å². The van der Waals surface area contributed by atoms with Crippen LogP contribution in [0.15, 0.2) is 18.2 Å². The van der Waals surface area contributed by atoms with E-state index >= 15 is 0 Å². The van der Waals surface area contributed by atoms with Gasteiger partial charge in [-0.25, -0.2) is 4.79 Å². The van der Waals surface area contributed by atoms with Crippen LogP contribution in [0.5, 0.6) is 0 Å². The molecular formula is C13H15ClN2O5. The summed E-state index contributed by atoms with van der Waals surface area (Å²) in [5.41, 5.74) is -0.688. The Morgan fingerprint density at radius 3 is 2.57 bits per heavy atom. The zero-order chi connectivity index (χ0) is 16.2. The van der Waals surface area contributed by atoms with Gasteiger partial charge in [-0.2, -0.15) is 0 Å². The fourth-order valence-corrected chi connectivity index (χ4v) is 1.92. The maximum atomic E-state index is 12.1. The number of benzene rings is 1. The van der Waals surface area contributed by atoms with Crippen LogP contribution in [0.3, 0.4) is 0 Å². The maximum Gasteiger partial charge on any atom is 0.326 e. The number of rotatable bonds is 6. The minimum atomic E-state index is -1.19. The maximum absolute atomic E-state index is 12.1. The molecule has 8 heteroatoms. The van der Waals surface area contributed by atoms with Crippen LogP contribution in [0.2, 0.25) is 5.02 Å². The van der Waals surface area contributed by atoms with Crippen molar-refractivity contribution < 1.29 is 19.6 Å². The number of halogens is 1.